The van der Waals surface area contributed by atoms with Crippen LogP contribution in [0, 0.1) is 13.8 Å². The second-order valence-electron chi connectivity index (χ2n) is 5.24. The lowest BCUT2D eigenvalue weighted by atomic mass is 10.0. The van der Waals surface area contributed by atoms with E-state index >= 15 is 0 Å². The number of nitrogens with zero attached hydrogens (tertiary/aromatic N) is 2. The molecule has 4 heteroatoms. The lowest BCUT2D eigenvalue weighted by Gasteiger charge is -2.13. The van der Waals surface area contributed by atoms with E-state index in [-0.39, 0.29) is 0 Å². The van der Waals surface area contributed by atoms with Crippen molar-refractivity contribution in [1.29, 1.82) is 0 Å². The van der Waals surface area contributed by atoms with Gasteiger partial charge >= 0.3 is 0 Å². The number of anilines is 3. The van der Waals surface area contributed by atoms with Gasteiger partial charge in [-0.15, -0.1) is 0 Å². The summed E-state index contributed by atoms with van der Waals surface area (Å²) in [5.41, 5.74) is 3.39. The molecule has 0 amide bonds. The summed E-state index contributed by atoms with van der Waals surface area (Å²) >= 11 is 0. The number of aryl methyl sites for hydroxylation is 1. The van der Waals surface area contributed by atoms with Crippen LogP contribution in [0.15, 0.2) is 24.3 Å². The standard InChI is InChI=1S/C16H22N4/c1-10(2)13-6-8-14(9-7-13)20-16-11(3)15(17-5)18-12(4)19-16/h6-10H,1-5H3,(H2,17,18,19,20). The van der Waals surface area contributed by atoms with Crippen LogP contribution >= 0.6 is 0 Å². The first-order chi connectivity index (χ1) is 9.51. The minimum Gasteiger partial charge on any atom is -0.373 e. The van der Waals surface area contributed by atoms with Gasteiger partial charge in [-0.25, -0.2) is 9.97 Å². The molecule has 0 fully saturated rings. The van der Waals surface area contributed by atoms with Crippen LogP contribution in [-0.4, -0.2) is 17.0 Å². The first-order valence-corrected chi connectivity index (χ1v) is 6.91. The van der Waals surface area contributed by atoms with Crippen molar-refractivity contribution < 1.29 is 0 Å². The molecule has 1 heterocycles. The van der Waals surface area contributed by atoms with Gasteiger partial charge in [0.25, 0.3) is 0 Å². The van der Waals surface area contributed by atoms with Gasteiger partial charge in [-0.2, -0.15) is 0 Å². The highest BCUT2D eigenvalue weighted by molar-refractivity contribution is 5.64. The van der Waals surface area contributed by atoms with E-state index in [1.165, 1.54) is 5.56 Å². The number of benzene rings is 1. The SMILES string of the molecule is CNc1nc(C)nc(Nc2ccc(C(C)C)cc2)c1C. The fraction of sp³-hybridized carbons (Fsp3) is 0.375. The smallest absolute Gasteiger partial charge is 0.139 e. The largest absolute Gasteiger partial charge is 0.373 e. The zero-order valence-electron chi connectivity index (χ0n) is 12.8. The first-order valence-electron chi connectivity index (χ1n) is 6.91. The van der Waals surface area contributed by atoms with Crippen molar-refractivity contribution in [2.75, 3.05) is 17.7 Å². The third-order valence-electron chi connectivity index (χ3n) is 3.33. The zero-order chi connectivity index (χ0) is 14.7. The van der Waals surface area contributed by atoms with Crippen LogP contribution in [0.4, 0.5) is 17.3 Å². The molecule has 1 aromatic heterocycles. The molecule has 0 saturated heterocycles. The summed E-state index contributed by atoms with van der Waals surface area (Å²) in [5.74, 6) is 3.00. The maximum atomic E-state index is 4.47. The predicted molar refractivity (Wildman–Crippen MR) is 84.9 cm³/mol. The summed E-state index contributed by atoms with van der Waals surface area (Å²) in [6.45, 7) is 8.29. The van der Waals surface area contributed by atoms with Crippen LogP contribution in [0.2, 0.25) is 0 Å². The van der Waals surface area contributed by atoms with Crippen LogP contribution in [0.3, 0.4) is 0 Å². The Morgan fingerprint density at radius 3 is 2.10 bits per heavy atom. The monoisotopic (exact) mass is 270 g/mol. The Balaban J connectivity index is 2.27. The highest BCUT2D eigenvalue weighted by atomic mass is 15.1. The maximum absolute atomic E-state index is 4.47. The van der Waals surface area contributed by atoms with Crippen LogP contribution in [0.5, 0.6) is 0 Å². The molecule has 0 unspecified atom stereocenters. The first kappa shape index (κ1) is 14.3. The van der Waals surface area contributed by atoms with Crippen LogP contribution < -0.4 is 10.6 Å². The molecule has 2 aromatic rings. The molecular formula is C16H22N4. The molecular weight excluding hydrogens is 248 g/mol. The molecule has 0 bridgehead atoms. The highest BCUT2D eigenvalue weighted by Gasteiger charge is 2.08. The third-order valence-corrected chi connectivity index (χ3v) is 3.33. The summed E-state index contributed by atoms with van der Waals surface area (Å²) in [7, 11) is 1.87. The van der Waals surface area contributed by atoms with Gasteiger partial charge in [-0.05, 0) is 37.5 Å². The van der Waals surface area contributed by atoms with E-state index in [0.29, 0.717) is 5.92 Å². The van der Waals surface area contributed by atoms with Crippen LogP contribution in [-0.2, 0) is 0 Å². The van der Waals surface area contributed by atoms with Gasteiger partial charge in [0.05, 0.1) is 0 Å². The quantitative estimate of drug-likeness (QED) is 0.881. The molecule has 106 valence electrons. The summed E-state index contributed by atoms with van der Waals surface area (Å²) in [6, 6.07) is 8.47. The lowest BCUT2D eigenvalue weighted by Crippen LogP contribution is -2.05. The highest BCUT2D eigenvalue weighted by Crippen LogP contribution is 2.24. The molecule has 2 rings (SSSR count). The molecule has 0 saturated carbocycles. The van der Waals surface area contributed by atoms with E-state index in [4.69, 9.17) is 0 Å². The second-order valence-corrected chi connectivity index (χ2v) is 5.24. The van der Waals surface area contributed by atoms with Crippen molar-refractivity contribution in [2.24, 2.45) is 0 Å². The summed E-state index contributed by atoms with van der Waals surface area (Å²) in [4.78, 5) is 8.84. The third kappa shape index (κ3) is 3.07. The van der Waals surface area contributed by atoms with Gasteiger partial charge < -0.3 is 10.6 Å². The van der Waals surface area contributed by atoms with Gasteiger partial charge in [0.1, 0.15) is 17.5 Å². The fourth-order valence-electron chi connectivity index (χ4n) is 2.08. The van der Waals surface area contributed by atoms with Gasteiger partial charge in [-0.1, -0.05) is 26.0 Å². The second kappa shape index (κ2) is 5.90. The minimum atomic E-state index is 0.544. The summed E-state index contributed by atoms with van der Waals surface area (Å²) in [6.07, 6.45) is 0. The predicted octanol–water partition coefficient (Wildman–Crippen LogP) is 4.00. The van der Waals surface area contributed by atoms with E-state index in [2.05, 4.69) is 58.7 Å². The topological polar surface area (TPSA) is 49.8 Å². The molecule has 20 heavy (non-hydrogen) atoms. The number of hydrogen-bond acceptors (Lipinski definition) is 4. The molecule has 4 nitrogen and oxygen atoms in total. The molecule has 0 radical (unpaired) electrons. The Kier molecular flexibility index (Phi) is 4.23. The van der Waals surface area contributed by atoms with Gasteiger partial charge in [-0.3, -0.25) is 0 Å². The minimum absolute atomic E-state index is 0.544. The van der Waals surface area contributed by atoms with Crippen molar-refractivity contribution in [3.8, 4) is 0 Å². The number of nitrogens with one attached hydrogen (secondary N) is 2. The molecule has 1 aromatic carbocycles. The Morgan fingerprint density at radius 2 is 1.55 bits per heavy atom. The molecule has 0 aliphatic rings. The van der Waals surface area contributed by atoms with E-state index in [1.54, 1.807) is 0 Å². The average molecular weight is 270 g/mol. The van der Waals surface area contributed by atoms with Crippen LogP contribution in [0.1, 0.15) is 36.7 Å². The van der Waals surface area contributed by atoms with E-state index in [0.717, 1.165) is 28.7 Å². The fourth-order valence-corrected chi connectivity index (χ4v) is 2.08. The molecule has 0 spiro atoms. The number of hydrogen-bond donors (Lipinski definition) is 2. The Bertz CT molecular complexity index is 588. The molecule has 0 aliphatic heterocycles. The van der Waals surface area contributed by atoms with Crippen molar-refractivity contribution in [1.82, 2.24) is 9.97 Å². The van der Waals surface area contributed by atoms with Gasteiger partial charge in [0, 0.05) is 18.3 Å². The lowest BCUT2D eigenvalue weighted by molar-refractivity contribution is 0.867. The summed E-state index contributed by atoms with van der Waals surface area (Å²) in [5, 5.41) is 6.46. The van der Waals surface area contributed by atoms with Gasteiger partial charge in [0.2, 0.25) is 0 Å². The molecule has 2 N–H and O–H groups in total. The average Bonchev–Trinajstić information content (AvgIpc) is 2.43. The van der Waals surface area contributed by atoms with Crippen molar-refractivity contribution in [2.45, 2.75) is 33.6 Å². The normalized spacial score (nSPS) is 10.7. The Labute approximate surface area is 120 Å². The van der Waals surface area contributed by atoms with E-state index in [9.17, 15) is 0 Å². The Morgan fingerprint density at radius 1 is 0.950 bits per heavy atom. The van der Waals surface area contributed by atoms with Gasteiger partial charge in [0.15, 0.2) is 0 Å². The van der Waals surface area contributed by atoms with E-state index < -0.39 is 0 Å². The number of rotatable bonds is 4. The van der Waals surface area contributed by atoms with Crippen molar-refractivity contribution in [3.05, 3.63) is 41.2 Å². The van der Waals surface area contributed by atoms with E-state index in [1.807, 2.05) is 20.9 Å². The summed E-state index contributed by atoms with van der Waals surface area (Å²) < 4.78 is 0. The number of aromatic nitrogens is 2. The Hall–Kier alpha value is -2.10. The van der Waals surface area contributed by atoms with Crippen LogP contribution in [0.25, 0.3) is 0 Å². The molecule has 0 aliphatic carbocycles. The van der Waals surface area contributed by atoms with Crippen molar-refractivity contribution >= 4 is 17.3 Å². The van der Waals surface area contributed by atoms with Crippen molar-refractivity contribution in [3.63, 3.8) is 0 Å². The maximum Gasteiger partial charge on any atom is 0.139 e. The zero-order valence-corrected chi connectivity index (χ0v) is 12.8. The molecule has 0 atom stereocenters.